The molecule has 0 spiro atoms. The lowest BCUT2D eigenvalue weighted by atomic mass is 10.9. The first-order valence-electron chi connectivity index (χ1n) is 3.94. The van der Waals surface area contributed by atoms with E-state index in [4.69, 9.17) is 23.2 Å². The molecule has 0 atom stereocenters. The van der Waals surface area contributed by atoms with Crippen molar-refractivity contribution < 1.29 is 4.79 Å². The average Bonchev–Trinajstić information content (AvgIpc) is 2.11. The molecule has 1 rings (SSSR count). The van der Waals surface area contributed by atoms with Crippen molar-refractivity contribution in [3.63, 3.8) is 0 Å². The Morgan fingerprint density at radius 1 is 1.29 bits per heavy atom. The van der Waals surface area contributed by atoms with Crippen molar-refractivity contribution in [1.29, 1.82) is 0 Å². The van der Waals surface area contributed by atoms with Crippen LogP contribution in [-0.2, 0) is 0 Å². The van der Waals surface area contributed by atoms with Crippen LogP contribution in [0.3, 0.4) is 0 Å². The van der Waals surface area contributed by atoms with Crippen LogP contribution in [0.4, 0.5) is 10.5 Å². The van der Waals surface area contributed by atoms with Gasteiger partial charge in [-0.2, -0.15) is 0 Å². The molecule has 1 aromatic rings. The molecule has 2 amide bonds. The Labute approximate surface area is 92.6 Å². The van der Waals surface area contributed by atoms with Crippen molar-refractivity contribution in [3.8, 4) is 0 Å². The fraction of sp³-hybridized carbons (Fsp3) is 0.222. The van der Waals surface area contributed by atoms with Gasteiger partial charge in [0.25, 0.3) is 0 Å². The molecule has 0 unspecified atom stereocenters. The van der Waals surface area contributed by atoms with Crippen LogP contribution in [0.15, 0.2) is 18.2 Å². The molecule has 0 fully saturated rings. The third-order valence-corrected chi connectivity index (χ3v) is 2.32. The minimum atomic E-state index is -0.205. The second-order valence-corrected chi connectivity index (χ2v) is 3.77. The molecule has 76 valence electrons. The summed E-state index contributed by atoms with van der Waals surface area (Å²) in [6, 6.07) is 4.72. The molecule has 0 aromatic heterocycles. The zero-order valence-corrected chi connectivity index (χ0v) is 9.36. The van der Waals surface area contributed by atoms with Crippen LogP contribution in [0.25, 0.3) is 0 Å². The average molecular weight is 245 g/mol. The number of hydrogen-bond acceptors (Lipinski definition) is 1. The lowest BCUT2D eigenvalue weighted by Gasteiger charge is -2.12. The highest BCUT2D eigenvalue weighted by atomic mass is 35.5. The second-order valence-electron chi connectivity index (χ2n) is 2.95. The molecule has 3 nitrogen and oxygen atoms in total. The van der Waals surface area contributed by atoms with Crippen molar-refractivity contribution in [1.82, 2.24) is 4.90 Å². The Bertz CT molecular complexity index is 353. The Morgan fingerprint density at radius 3 is 2.43 bits per heavy atom. The zero-order valence-electron chi connectivity index (χ0n) is 7.84. The van der Waals surface area contributed by atoms with E-state index in [2.05, 4.69) is 5.32 Å². The molecule has 0 saturated heterocycles. The van der Waals surface area contributed by atoms with E-state index in [0.717, 1.165) is 0 Å². The number of carbonyl (C=O) groups excluding carboxylic acids is 1. The van der Waals surface area contributed by atoms with Gasteiger partial charge in [0, 0.05) is 19.8 Å². The molecule has 0 aliphatic rings. The molecule has 1 aromatic carbocycles. The summed E-state index contributed by atoms with van der Waals surface area (Å²) in [5.74, 6) is 0. The number of nitrogens with one attached hydrogen (secondary N) is 1. The normalized spacial score (nSPS) is 9.71. The van der Waals surface area contributed by atoms with Crippen molar-refractivity contribution >= 4 is 34.9 Å². The number of rotatable bonds is 1. The number of benzene rings is 1. The van der Waals surface area contributed by atoms with Crippen molar-refractivity contribution in [2.24, 2.45) is 0 Å². The van der Waals surface area contributed by atoms with E-state index in [0.29, 0.717) is 15.7 Å². The van der Waals surface area contributed by atoms with E-state index in [1.165, 1.54) is 4.90 Å². The summed E-state index contributed by atoms with van der Waals surface area (Å²) < 4.78 is 0. The highest BCUT2D eigenvalue weighted by Gasteiger charge is 2.05. The van der Waals surface area contributed by atoms with E-state index in [1.54, 1.807) is 32.3 Å². The maximum Gasteiger partial charge on any atom is 0.321 e. The van der Waals surface area contributed by atoms with Gasteiger partial charge in [-0.15, -0.1) is 0 Å². The predicted octanol–water partition coefficient (Wildman–Crippen LogP) is 3.09. The van der Waals surface area contributed by atoms with E-state index in [1.807, 2.05) is 0 Å². The predicted molar refractivity (Wildman–Crippen MR) is 59.2 cm³/mol. The largest absolute Gasteiger partial charge is 0.331 e. The van der Waals surface area contributed by atoms with Crippen LogP contribution in [0.1, 0.15) is 0 Å². The van der Waals surface area contributed by atoms with E-state index >= 15 is 0 Å². The maximum atomic E-state index is 11.2. The van der Waals surface area contributed by atoms with Gasteiger partial charge in [-0.3, -0.25) is 0 Å². The first-order valence-corrected chi connectivity index (χ1v) is 4.69. The fourth-order valence-corrected chi connectivity index (χ4v) is 1.11. The van der Waals surface area contributed by atoms with E-state index < -0.39 is 0 Å². The van der Waals surface area contributed by atoms with Crippen molar-refractivity contribution in [2.75, 3.05) is 19.4 Å². The minimum Gasteiger partial charge on any atom is -0.331 e. The van der Waals surface area contributed by atoms with Crippen LogP contribution in [-0.4, -0.2) is 25.0 Å². The van der Waals surface area contributed by atoms with Gasteiger partial charge in [0.15, 0.2) is 0 Å². The highest BCUT2D eigenvalue weighted by molar-refractivity contribution is 6.42. The van der Waals surface area contributed by atoms with E-state index in [9.17, 15) is 4.79 Å². The summed E-state index contributed by atoms with van der Waals surface area (Å²) >= 11 is 11.5. The topological polar surface area (TPSA) is 32.3 Å². The molecule has 5 heteroatoms. The summed E-state index contributed by atoms with van der Waals surface area (Å²) in [6.45, 7) is 0. The number of hydrogen-bond donors (Lipinski definition) is 1. The number of amides is 2. The Hall–Kier alpha value is -0.930. The first-order chi connectivity index (χ1) is 6.50. The molecule has 0 bridgehead atoms. The van der Waals surface area contributed by atoms with Crippen LogP contribution in [0.5, 0.6) is 0 Å². The smallest absolute Gasteiger partial charge is 0.321 e. The molecular formula is C9H10Cl2N2O. The van der Waals surface area contributed by atoms with Crippen LogP contribution >= 0.6 is 23.2 Å². The molecule has 0 aliphatic heterocycles. The van der Waals surface area contributed by atoms with E-state index in [-0.39, 0.29) is 6.03 Å². The lowest BCUT2D eigenvalue weighted by molar-refractivity contribution is 0.230. The van der Waals surface area contributed by atoms with Gasteiger partial charge in [-0.1, -0.05) is 23.2 Å². The van der Waals surface area contributed by atoms with Crippen LogP contribution in [0, 0.1) is 0 Å². The molecule has 0 aliphatic carbocycles. The molecule has 14 heavy (non-hydrogen) atoms. The Morgan fingerprint density at radius 2 is 1.93 bits per heavy atom. The summed E-state index contributed by atoms with van der Waals surface area (Å²) in [5.41, 5.74) is 0.623. The number of halogens is 2. The fourth-order valence-electron chi connectivity index (χ4n) is 0.809. The molecule has 1 N–H and O–H groups in total. The summed E-state index contributed by atoms with van der Waals surface area (Å²) in [5, 5.41) is 3.54. The minimum absolute atomic E-state index is 0.205. The monoisotopic (exact) mass is 244 g/mol. The number of carbonyl (C=O) groups is 1. The standard InChI is InChI=1S/C9H10Cl2N2O/c1-13(2)9(14)12-6-3-4-7(10)8(11)5-6/h3-5H,1-2H3,(H,12,14)/i3+2,4+2,5+2,6+2,7+2,8+2. The van der Waals surface area contributed by atoms with Crippen molar-refractivity contribution in [2.45, 2.75) is 0 Å². The number of anilines is 1. The molecule has 0 heterocycles. The molecule has 0 radical (unpaired) electrons. The second kappa shape index (κ2) is 4.53. The van der Waals surface area contributed by atoms with Gasteiger partial charge in [-0.05, 0) is 18.2 Å². The third kappa shape index (κ3) is 2.79. The SMILES string of the molecule is CN(C)C(=O)N[14c]1[14cH][14cH][14c](Cl)[14c](Cl)[14cH]1. The Kier molecular flexibility index (Phi) is 3.61. The van der Waals surface area contributed by atoms with Crippen molar-refractivity contribution in [3.05, 3.63) is 28.2 Å². The molecular weight excluding hydrogens is 235 g/mol. The number of nitrogens with zero attached hydrogens (tertiary/aromatic N) is 1. The highest BCUT2D eigenvalue weighted by Crippen LogP contribution is 2.24. The third-order valence-electron chi connectivity index (χ3n) is 1.58. The van der Waals surface area contributed by atoms with Gasteiger partial charge < -0.3 is 10.2 Å². The van der Waals surface area contributed by atoms with Crippen LogP contribution < -0.4 is 5.32 Å². The zero-order chi connectivity index (χ0) is 10.7. The summed E-state index contributed by atoms with van der Waals surface area (Å²) in [7, 11) is 3.32. The molecule has 0 saturated carbocycles. The van der Waals surface area contributed by atoms with Gasteiger partial charge in [0.2, 0.25) is 0 Å². The summed E-state index contributed by atoms with van der Waals surface area (Å²) in [4.78, 5) is 12.7. The quantitative estimate of drug-likeness (QED) is 0.810. The van der Waals surface area contributed by atoms with Gasteiger partial charge >= 0.3 is 6.03 Å². The number of urea groups is 1. The van der Waals surface area contributed by atoms with Crippen LogP contribution in [0.2, 0.25) is 10.0 Å². The Balaban J connectivity index is 2.78. The maximum absolute atomic E-state index is 11.2. The van der Waals surface area contributed by atoms with Gasteiger partial charge in [0.1, 0.15) is 0 Å². The van der Waals surface area contributed by atoms with Gasteiger partial charge in [-0.25, -0.2) is 4.79 Å². The lowest BCUT2D eigenvalue weighted by Crippen LogP contribution is -2.27. The van der Waals surface area contributed by atoms with Gasteiger partial charge in [0.05, 0.1) is 10.0 Å². The summed E-state index contributed by atoms with van der Waals surface area (Å²) in [6.07, 6.45) is 0. The first kappa shape index (κ1) is 11.1.